The Balaban J connectivity index is 1.78. The van der Waals surface area contributed by atoms with Crippen LogP contribution < -0.4 is 10.1 Å². The Hall–Kier alpha value is -2.04. The van der Waals surface area contributed by atoms with Gasteiger partial charge in [-0.25, -0.2) is 0 Å². The van der Waals surface area contributed by atoms with Gasteiger partial charge in [0.25, 0.3) is 0 Å². The summed E-state index contributed by atoms with van der Waals surface area (Å²) in [7, 11) is 0. The van der Waals surface area contributed by atoms with Crippen LogP contribution in [0.5, 0.6) is 5.75 Å². The smallest absolute Gasteiger partial charge is 0.224 e. The normalized spacial score (nSPS) is 13.3. The van der Waals surface area contributed by atoms with Gasteiger partial charge in [0.05, 0.1) is 6.61 Å². The number of aryl methyl sites for hydroxylation is 1. The molecule has 5 heteroatoms. The van der Waals surface area contributed by atoms with Crippen LogP contribution in [0.25, 0.3) is 0 Å². The van der Waals surface area contributed by atoms with Crippen molar-refractivity contribution in [2.45, 2.75) is 39.5 Å². The maximum absolute atomic E-state index is 11.9. The molecule has 1 aliphatic rings. The highest BCUT2D eigenvalue weighted by Gasteiger charge is 2.15. The molecule has 22 heavy (non-hydrogen) atoms. The summed E-state index contributed by atoms with van der Waals surface area (Å²) < 4.78 is 5.71. The molecular weight excluding hydrogens is 280 g/mol. The van der Waals surface area contributed by atoms with E-state index in [1.165, 1.54) is 0 Å². The highest BCUT2D eigenvalue weighted by Crippen LogP contribution is 2.26. The number of carbonyl (C=O) groups excluding carboxylic acids is 2. The summed E-state index contributed by atoms with van der Waals surface area (Å²) in [5, 5.41) is 2.85. The number of amides is 2. The van der Waals surface area contributed by atoms with E-state index in [9.17, 15) is 9.59 Å². The standard InChI is InChI=1S/C17H24N2O3/c1-3-19(4-2)17(21)6-5-11-22-14-8-9-15-13(12-14)7-10-16(20)18-15/h8-9,12H,3-7,10-11H2,1-2H3,(H,18,20). The summed E-state index contributed by atoms with van der Waals surface area (Å²) in [5.41, 5.74) is 1.98. The average Bonchev–Trinajstić information content (AvgIpc) is 2.52. The Morgan fingerprint density at radius 1 is 1.27 bits per heavy atom. The van der Waals surface area contributed by atoms with Crippen LogP contribution in [-0.2, 0) is 16.0 Å². The van der Waals surface area contributed by atoms with Gasteiger partial charge >= 0.3 is 0 Å². The molecule has 0 aliphatic carbocycles. The molecule has 2 rings (SSSR count). The molecule has 0 spiro atoms. The Labute approximate surface area is 131 Å². The summed E-state index contributed by atoms with van der Waals surface area (Å²) in [5.74, 6) is 1.04. The molecule has 0 atom stereocenters. The van der Waals surface area contributed by atoms with Gasteiger partial charge in [0.15, 0.2) is 0 Å². The van der Waals surface area contributed by atoms with Gasteiger partial charge in [-0.3, -0.25) is 9.59 Å². The van der Waals surface area contributed by atoms with E-state index < -0.39 is 0 Å². The van der Waals surface area contributed by atoms with Crippen LogP contribution in [0.2, 0.25) is 0 Å². The molecular formula is C17H24N2O3. The van der Waals surface area contributed by atoms with Crippen molar-refractivity contribution in [2.24, 2.45) is 0 Å². The SMILES string of the molecule is CCN(CC)C(=O)CCCOc1ccc2c(c1)CCC(=O)N2. The third-order valence-corrected chi connectivity index (χ3v) is 3.89. The summed E-state index contributed by atoms with van der Waals surface area (Å²) in [6.07, 6.45) is 2.50. The molecule has 120 valence electrons. The quantitative estimate of drug-likeness (QED) is 0.788. The predicted octanol–water partition coefficient (Wildman–Crippen LogP) is 2.60. The second kappa shape index (κ2) is 7.82. The number of hydrogen-bond acceptors (Lipinski definition) is 3. The van der Waals surface area contributed by atoms with Gasteiger partial charge < -0.3 is 15.0 Å². The number of anilines is 1. The zero-order chi connectivity index (χ0) is 15.9. The van der Waals surface area contributed by atoms with Crippen molar-refractivity contribution in [2.75, 3.05) is 25.0 Å². The average molecular weight is 304 g/mol. The molecule has 0 saturated heterocycles. The Morgan fingerprint density at radius 3 is 2.77 bits per heavy atom. The maximum Gasteiger partial charge on any atom is 0.224 e. The zero-order valence-corrected chi connectivity index (χ0v) is 13.4. The zero-order valence-electron chi connectivity index (χ0n) is 13.4. The molecule has 2 amide bonds. The van der Waals surface area contributed by atoms with E-state index in [-0.39, 0.29) is 11.8 Å². The van der Waals surface area contributed by atoms with E-state index in [4.69, 9.17) is 4.74 Å². The van der Waals surface area contributed by atoms with E-state index >= 15 is 0 Å². The molecule has 1 aliphatic heterocycles. The fourth-order valence-electron chi connectivity index (χ4n) is 2.60. The molecule has 5 nitrogen and oxygen atoms in total. The molecule has 1 N–H and O–H groups in total. The molecule has 1 heterocycles. The maximum atomic E-state index is 11.9. The van der Waals surface area contributed by atoms with Crippen molar-refractivity contribution in [3.05, 3.63) is 23.8 Å². The van der Waals surface area contributed by atoms with Crippen LogP contribution in [-0.4, -0.2) is 36.4 Å². The van der Waals surface area contributed by atoms with Crippen molar-refractivity contribution >= 4 is 17.5 Å². The number of hydrogen-bond donors (Lipinski definition) is 1. The summed E-state index contributed by atoms with van der Waals surface area (Å²) in [4.78, 5) is 25.0. The van der Waals surface area contributed by atoms with E-state index in [0.717, 1.165) is 36.5 Å². The number of benzene rings is 1. The number of fused-ring (bicyclic) bond motifs is 1. The minimum Gasteiger partial charge on any atom is -0.494 e. The monoisotopic (exact) mass is 304 g/mol. The Kier molecular flexibility index (Phi) is 5.81. The van der Waals surface area contributed by atoms with Gasteiger partial charge in [0.2, 0.25) is 11.8 Å². The second-order valence-corrected chi connectivity index (χ2v) is 5.39. The van der Waals surface area contributed by atoms with Gasteiger partial charge in [-0.1, -0.05) is 0 Å². The second-order valence-electron chi connectivity index (χ2n) is 5.39. The van der Waals surface area contributed by atoms with Crippen LogP contribution in [0.15, 0.2) is 18.2 Å². The van der Waals surface area contributed by atoms with Crippen LogP contribution >= 0.6 is 0 Å². The molecule has 0 fully saturated rings. The lowest BCUT2D eigenvalue weighted by Gasteiger charge is -2.19. The molecule has 1 aromatic rings. The minimum atomic E-state index is 0.0658. The first-order valence-electron chi connectivity index (χ1n) is 7.97. The van der Waals surface area contributed by atoms with Crippen LogP contribution in [0.1, 0.15) is 38.7 Å². The number of ether oxygens (including phenoxy) is 1. The fraction of sp³-hybridized carbons (Fsp3) is 0.529. The van der Waals surface area contributed by atoms with Gasteiger partial charge in [-0.2, -0.15) is 0 Å². The summed E-state index contributed by atoms with van der Waals surface area (Å²) in [6.45, 7) is 6.02. The van der Waals surface area contributed by atoms with Crippen molar-refractivity contribution in [1.29, 1.82) is 0 Å². The summed E-state index contributed by atoms with van der Waals surface area (Å²) in [6, 6.07) is 5.71. The van der Waals surface area contributed by atoms with Crippen molar-refractivity contribution in [3.8, 4) is 5.75 Å². The molecule has 0 bridgehead atoms. The van der Waals surface area contributed by atoms with E-state index in [2.05, 4.69) is 5.32 Å². The van der Waals surface area contributed by atoms with Gasteiger partial charge in [-0.05, 0) is 50.5 Å². The number of rotatable bonds is 7. The largest absolute Gasteiger partial charge is 0.494 e. The fourth-order valence-corrected chi connectivity index (χ4v) is 2.60. The number of nitrogens with one attached hydrogen (secondary N) is 1. The van der Waals surface area contributed by atoms with Crippen molar-refractivity contribution in [3.63, 3.8) is 0 Å². The van der Waals surface area contributed by atoms with Crippen LogP contribution in [0.4, 0.5) is 5.69 Å². The molecule has 0 radical (unpaired) electrons. The molecule has 0 saturated carbocycles. The van der Waals surface area contributed by atoms with Crippen LogP contribution in [0, 0.1) is 0 Å². The third kappa shape index (κ3) is 4.23. The highest BCUT2D eigenvalue weighted by molar-refractivity contribution is 5.94. The topological polar surface area (TPSA) is 58.6 Å². The molecule has 0 unspecified atom stereocenters. The van der Waals surface area contributed by atoms with E-state index in [0.29, 0.717) is 25.9 Å². The van der Waals surface area contributed by atoms with Gasteiger partial charge in [-0.15, -0.1) is 0 Å². The van der Waals surface area contributed by atoms with Gasteiger partial charge in [0, 0.05) is 31.6 Å². The van der Waals surface area contributed by atoms with Gasteiger partial charge in [0.1, 0.15) is 5.75 Å². The number of carbonyl (C=O) groups is 2. The number of nitrogens with zero attached hydrogens (tertiary/aromatic N) is 1. The van der Waals surface area contributed by atoms with Crippen LogP contribution in [0.3, 0.4) is 0 Å². The predicted molar refractivity (Wildman–Crippen MR) is 86.0 cm³/mol. The lowest BCUT2D eigenvalue weighted by Crippen LogP contribution is -2.30. The first-order valence-corrected chi connectivity index (χ1v) is 7.97. The Morgan fingerprint density at radius 2 is 2.05 bits per heavy atom. The first-order chi connectivity index (χ1) is 10.6. The van der Waals surface area contributed by atoms with Crippen molar-refractivity contribution in [1.82, 2.24) is 4.90 Å². The van der Waals surface area contributed by atoms with E-state index in [1.54, 1.807) is 0 Å². The minimum absolute atomic E-state index is 0.0658. The lowest BCUT2D eigenvalue weighted by molar-refractivity contribution is -0.131. The van der Waals surface area contributed by atoms with Crippen molar-refractivity contribution < 1.29 is 14.3 Å². The van der Waals surface area contributed by atoms with E-state index in [1.807, 2.05) is 36.9 Å². The Bertz CT molecular complexity index is 539. The molecule has 1 aromatic carbocycles. The molecule has 0 aromatic heterocycles. The lowest BCUT2D eigenvalue weighted by atomic mass is 10.0. The first kappa shape index (κ1) is 16.3. The third-order valence-electron chi connectivity index (χ3n) is 3.89. The highest BCUT2D eigenvalue weighted by atomic mass is 16.5. The summed E-state index contributed by atoms with van der Waals surface area (Å²) >= 11 is 0.